The second-order valence-electron chi connectivity index (χ2n) is 3.86. The molecule has 0 fully saturated rings. The third kappa shape index (κ3) is 7.84. The first-order chi connectivity index (χ1) is 8.61. The largest absolute Gasteiger partial charge is 0.476 e. The number of unbranched alkanes of at least 4 members (excludes halogenated alkanes) is 3. The first-order valence-electron chi connectivity index (χ1n) is 6.59. The number of phosphoric acid groups is 1. The highest BCUT2D eigenvalue weighted by Crippen LogP contribution is 2.50. The average molecular weight is 277 g/mol. The van der Waals surface area contributed by atoms with Gasteiger partial charge in [-0.2, -0.15) is 5.26 Å². The molecule has 0 bridgehead atoms. The van der Waals surface area contributed by atoms with Crippen LogP contribution >= 0.6 is 7.82 Å². The van der Waals surface area contributed by atoms with Crippen molar-refractivity contribution in [3.05, 3.63) is 0 Å². The standard InChI is InChI=1S/C12H24NO4P/c1-4-7-8-9-10-12(11-13)17-18(14,15-5-2)16-6-3/h12H,4-10H2,1-3H3/t12-/m1/s1. The number of phosphoric ester groups is 1. The van der Waals surface area contributed by atoms with Crippen molar-refractivity contribution in [3.63, 3.8) is 0 Å². The van der Waals surface area contributed by atoms with Crippen LogP contribution in [-0.4, -0.2) is 19.3 Å². The van der Waals surface area contributed by atoms with Crippen LogP contribution in [0, 0.1) is 11.3 Å². The highest BCUT2D eigenvalue weighted by Gasteiger charge is 2.29. The van der Waals surface area contributed by atoms with Crippen LogP contribution in [-0.2, 0) is 18.1 Å². The summed E-state index contributed by atoms with van der Waals surface area (Å²) in [6, 6.07) is 2.00. The van der Waals surface area contributed by atoms with Gasteiger partial charge in [-0.3, -0.25) is 13.6 Å². The van der Waals surface area contributed by atoms with Crippen LogP contribution in [0.3, 0.4) is 0 Å². The summed E-state index contributed by atoms with van der Waals surface area (Å²) >= 11 is 0. The van der Waals surface area contributed by atoms with Crippen molar-refractivity contribution >= 4 is 7.82 Å². The predicted molar refractivity (Wildman–Crippen MR) is 70.1 cm³/mol. The van der Waals surface area contributed by atoms with E-state index in [1.165, 1.54) is 0 Å². The average Bonchev–Trinajstić information content (AvgIpc) is 2.33. The first kappa shape index (κ1) is 17.6. The van der Waals surface area contributed by atoms with Gasteiger partial charge < -0.3 is 0 Å². The molecule has 5 nitrogen and oxygen atoms in total. The first-order valence-corrected chi connectivity index (χ1v) is 8.05. The van der Waals surface area contributed by atoms with Crippen molar-refractivity contribution in [2.45, 2.75) is 59.0 Å². The molecule has 0 saturated carbocycles. The maximum atomic E-state index is 12.1. The van der Waals surface area contributed by atoms with E-state index < -0.39 is 13.9 Å². The minimum absolute atomic E-state index is 0.227. The summed E-state index contributed by atoms with van der Waals surface area (Å²) in [5.41, 5.74) is 0. The fourth-order valence-electron chi connectivity index (χ4n) is 1.47. The maximum absolute atomic E-state index is 12.1. The fourth-order valence-corrected chi connectivity index (χ4v) is 2.76. The van der Waals surface area contributed by atoms with E-state index in [0.29, 0.717) is 6.42 Å². The number of rotatable bonds is 11. The van der Waals surface area contributed by atoms with Crippen LogP contribution in [0.2, 0.25) is 0 Å². The monoisotopic (exact) mass is 277 g/mol. The van der Waals surface area contributed by atoms with Gasteiger partial charge in [0.2, 0.25) is 0 Å². The second-order valence-corrected chi connectivity index (χ2v) is 5.48. The maximum Gasteiger partial charge on any atom is 0.476 e. The Morgan fingerprint density at radius 3 is 2.17 bits per heavy atom. The third-order valence-corrected chi connectivity index (χ3v) is 3.96. The Labute approximate surface area is 110 Å². The summed E-state index contributed by atoms with van der Waals surface area (Å²) in [5, 5.41) is 8.98. The minimum Gasteiger partial charge on any atom is -0.287 e. The number of nitriles is 1. The van der Waals surface area contributed by atoms with E-state index in [1.54, 1.807) is 13.8 Å². The lowest BCUT2D eigenvalue weighted by molar-refractivity contribution is 0.0990. The fraction of sp³-hybridized carbons (Fsp3) is 0.917. The molecule has 0 radical (unpaired) electrons. The zero-order chi connectivity index (χ0) is 13.9. The molecule has 0 aliphatic rings. The lowest BCUT2D eigenvalue weighted by atomic mass is 10.1. The molecule has 0 rings (SSSR count). The Bertz CT molecular complexity index is 280. The van der Waals surface area contributed by atoms with Crippen molar-refractivity contribution < 1.29 is 18.1 Å². The molecular formula is C12H24NO4P. The molecule has 0 saturated heterocycles. The van der Waals surface area contributed by atoms with Crippen molar-refractivity contribution in [2.24, 2.45) is 0 Å². The van der Waals surface area contributed by atoms with Gasteiger partial charge in [0.05, 0.1) is 19.3 Å². The molecule has 0 aliphatic carbocycles. The molecule has 0 spiro atoms. The van der Waals surface area contributed by atoms with Gasteiger partial charge in [-0.1, -0.05) is 26.2 Å². The summed E-state index contributed by atoms with van der Waals surface area (Å²) in [6.07, 6.45) is 4.02. The summed E-state index contributed by atoms with van der Waals surface area (Å²) in [5.74, 6) is 0. The zero-order valence-corrected chi connectivity index (χ0v) is 12.4. The third-order valence-electron chi connectivity index (χ3n) is 2.29. The topological polar surface area (TPSA) is 68.5 Å². The molecule has 1 atom stereocenters. The molecule has 0 heterocycles. The van der Waals surface area contributed by atoms with E-state index in [0.717, 1.165) is 25.7 Å². The van der Waals surface area contributed by atoms with Gasteiger partial charge in [0.1, 0.15) is 0 Å². The molecule has 0 aromatic heterocycles. The molecule has 18 heavy (non-hydrogen) atoms. The van der Waals surface area contributed by atoms with Crippen LogP contribution in [0.5, 0.6) is 0 Å². The van der Waals surface area contributed by atoms with E-state index in [4.69, 9.17) is 18.8 Å². The number of nitrogens with zero attached hydrogens (tertiary/aromatic N) is 1. The van der Waals surface area contributed by atoms with Crippen LogP contribution in [0.1, 0.15) is 52.9 Å². The van der Waals surface area contributed by atoms with Crippen LogP contribution in [0.25, 0.3) is 0 Å². The molecular weight excluding hydrogens is 253 g/mol. The van der Waals surface area contributed by atoms with E-state index in [-0.39, 0.29) is 13.2 Å². The van der Waals surface area contributed by atoms with Crippen molar-refractivity contribution in [2.75, 3.05) is 13.2 Å². The Hall–Kier alpha value is -0.400. The van der Waals surface area contributed by atoms with Crippen molar-refractivity contribution in [1.82, 2.24) is 0 Å². The van der Waals surface area contributed by atoms with Crippen LogP contribution in [0.4, 0.5) is 0 Å². The minimum atomic E-state index is -3.57. The Balaban J connectivity index is 4.22. The highest BCUT2D eigenvalue weighted by molar-refractivity contribution is 7.48. The Morgan fingerprint density at radius 2 is 1.72 bits per heavy atom. The summed E-state index contributed by atoms with van der Waals surface area (Å²) in [4.78, 5) is 0. The summed E-state index contributed by atoms with van der Waals surface area (Å²) in [7, 11) is -3.57. The van der Waals surface area contributed by atoms with Gasteiger partial charge in [0.25, 0.3) is 0 Å². The lowest BCUT2D eigenvalue weighted by Crippen LogP contribution is -2.11. The van der Waals surface area contributed by atoms with Gasteiger partial charge in [-0.25, -0.2) is 4.57 Å². The van der Waals surface area contributed by atoms with Gasteiger partial charge >= 0.3 is 7.82 Å². The van der Waals surface area contributed by atoms with E-state index >= 15 is 0 Å². The SMILES string of the molecule is CCCCCC[C@H](C#N)OP(=O)(OCC)OCC. The van der Waals surface area contributed by atoms with Crippen molar-refractivity contribution in [1.29, 1.82) is 5.26 Å². The molecule has 0 N–H and O–H groups in total. The summed E-state index contributed by atoms with van der Waals surface area (Å²) in [6.45, 7) is 5.99. The van der Waals surface area contributed by atoms with E-state index in [9.17, 15) is 4.57 Å². The quantitative estimate of drug-likeness (QED) is 0.421. The van der Waals surface area contributed by atoms with Crippen LogP contribution in [0.15, 0.2) is 0 Å². The number of hydrogen-bond acceptors (Lipinski definition) is 5. The molecule has 0 unspecified atom stereocenters. The zero-order valence-electron chi connectivity index (χ0n) is 11.6. The Kier molecular flexibility index (Phi) is 10.3. The van der Waals surface area contributed by atoms with Gasteiger partial charge in [0, 0.05) is 0 Å². The molecule has 6 heteroatoms. The lowest BCUT2D eigenvalue weighted by Gasteiger charge is -2.19. The van der Waals surface area contributed by atoms with E-state index in [1.807, 2.05) is 6.07 Å². The summed E-state index contributed by atoms with van der Waals surface area (Å²) < 4.78 is 27.2. The van der Waals surface area contributed by atoms with Gasteiger partial charge in [0.15, 0.2) is 6.10 Å². The van der Waals surface area contributed by atoms with Gasteiger partial charge in [-0.05, 0) is 26.7 Å². The van der Waals surface area contributed by atoms with Gasteiger partial charge in [-0.15, -0.1) is 0 Å². The highest BCUT2D eigenvalue weighted by atomic mass is 31.2. The molecule has 0 amide bonds. The van der Waals surface area contributed by atoms with Crippen molar-refractivity contribution in [3.8, 4) is 6.07 Å². The number of hydrogen-bond donors (Lipinski definition) is 0. The smallest absolute Gasteiger partial charge is 0.287 e. The predicted octanol–water partition coefficient (Wildman–Crippen LogP) is 4.05. The molecule has 0 aromatic rings. The van der Waals surface area contributed by atoms with Crippen LogP contribution < -0.4 is 0 Å². The molecule has 0 aromatic carbocycles. The molecule has 0 aliphatic heterocycles. The second kappa shape index (κ2) is 10.5. The normalized spacial score (nSPS) is 13.2. The molecule has 106 valence electrons. The Morgan fingerprint density at radius 1 is 1.11 bits per heavy atom. The van der Waals surface area contributed by atoms with E-state index in [2.05, 4.69) is 6.92 Å².